The SMILES string of the molecule is CCC(C)N1C(=O)C=CC1=O.II. The molecule has 0 bridgehead atoms. The van der Waals surface area contributed by atoms with E-state index in [9.17, 15) is 9.59 Å². The van der Waals surface area contributed by atoms with Gasteiger partial charge in [-0.15, -0.1) is 0 Å². The molecule has 0 aromatic heterocycles. The molecule has 0 saturated carbocycles. The molecule has 0 N–H and O–H groups in total. The molecule has 1 rings (SSSR count). The number of nitrogens with zero attached hydrogens (tertiary/aromatic N) is 1. The smallest absolute Gasteiger partial charge is 0.253 e. The molecular weight excluding hydrogens is 396 g/mol. The Labute approximate surface area is 101 Å². The molecule has 0 saturated heterocycles. The molecule has 0 aromatic rings. The first-order chi connectivity index (χ1) is 6.16. The fourth-order valence-corrected chi connectivity index (χ4v) is 1.03. The van der Waals surface area contributed by atoms with Crippen molar-refractivity contribution in [1.29, 1.82) is 0 Å². The second-order valence-corrected chi connectivity index (χ2v) is 2.64. The lowest BCUT2D eigenvalue weighted by Gasteiger charge is -2.20. The van der Waals surface area contributed by atoms with E-state index in [1.54, 1.807) is 0 Å². The van der Waals surface area contributed by atoms with Crippen molar-refractivity contribution in [3.63, 3.8) is 0 Å². The van der Waals surface area contributed by atoms with Gasteiger partial charge in [0, 0.05) is 55.4 Å². The average molecular weight is 407 g/mol. The van der Waals surface area contributed by atoms with Gasteiger partial charge in [0.25, 0.3) is 11.8 Å². The molecule has 1 atom stereocenters. The molecule has 1 heterocycles. The Morgan fingerprint density at radius 3 is 2.00 bits per heavy atom. The van der Waals surface area contributed by atoms with Gasteiger partial charge in [-0.3, -0.25) is 14.5 Å². The van der Waals surface area contributed by atoms with Gasteiger partial charge in [-0.25, -0.2) is 0 Å². The van der Waals surface area contributed by atoms with E-state index in [0.717, 1.165) is 6.42 Å². The third-order valence-electron chi connectivity index (χ3n) is 1.87. The van der Waals surface area contributed by atoms with Crippen molar-refractivity contribution < 1.29 is 9.59 Å². The van der Waals surface area contributed by atoms with Crippen molar-refractivity contribution in [3.8, 4) is 0 Å². The Kier molecular flexibility index (Phi) is 6.92. The zero-order chi connectivity index (χ0) is 10.4. The summed E-state index contributed by atoms with van der Waals surface area (Å²) in [5.41, 5.74) is 0. The van der Waals surface area contributed by atoms with E-state index in [2.05, 4.69) is 37.2 Å². The van der Waals surface area contributed by atoms with Gasteiger partial charge in [0.15, 0.2) is 0 Å². The number of hydrogen-bond donors (Lipinski definition) is 0. The molecular formula is C8H11I2NO2. The Morgan fingerprint density at radius 2 is 1.69 bits per heavy atom. The molecule has 1 unspecified atom stereocenters. The lowest BCUT2D eigenvalue weighted by molar-refractivity contribution is -0.139. The van der Waals surface area contributed by atoms with Crippen molar-refractivity contribution in [2.24, 2.45) is 0 Å². The summed E-state index contributed by atoms with van der Waals surface area (Å²) in [5, 5.41) is 0. The lowest BCUT2D eigenvalue weighted by Crippen LogP contribution is -2.37. The highest BCUT2D eigenvalue weighted by Gasteiger charge is 2.26. The molecule has 0 fully saturated rings. The van der Waals surface area contributed by atoms with Crippen LogP contribution in [0.2, 0.25) is 0 Å². The Hall–Kier alpha value is 0.340. The highest BCUT2D eigenvalue weighted by molar-refractivity contribution is 15.0. The van der Waals surface area contributed by atoms with Crippen molar-refractivity contribution in [2.45, 2.75) is 26.3 Å². The van der Waals surface area contributed by atoms with Crippen molar-refractivity contribution >= 4 is 49.0 Å². The molecule has 5 heteroatoms. The van der Waals surface area contributed by atoms with Gasteiger partial charge < -0.3 is 0 Å². The molecule has 0 spiro atoms. The molecule has 0 radical (unpaired) electrons. The molecule has 1 aliphatic rings. The van der Waals surface area contributed by atoms with Crippen LogP contribution < -0.4 is 0 Å². The predicted octanol–water partition coefficient (Wildman–Crippen LogP) is 2.48. The average Bonchev–Trinajstić information content (AvgIpc) is 2.49. The fraction of sp³-hybridized carbons (Fsp3) is 0.500. The van der Waals surface area contributed by atoms with E-state index < -0.39 is 0 Å². The fourth-order valence-electron chi connectivity index (χ4n) is 1.03. The van der Waals surface area contributed by atoms with E-state index in [4.69, 9.17) is 0 Å². The first kappa shape index (κ1) is 13.3. The van der Waals surface area contributed by atoms with Crippen LogP contribution in [0.3, 0.4) is 0 Å². The first-order valence-electron chi connectivity index (χ1n) is 3.86. The molecule has 0 aromatic carbocycles. The maximum absolute atomic E-state index is 11.0. The van der Waals surface area contributed by atoms with E-state index in [-0.39, 0.29) is 17.9 Å². The van der Waals surface area contributed by atoms with Crippen LogP contribution in [-0.2, 0) is 9.59 Å². The van der Waals surface area contributed by atoms with Gasteiger partial charge in [0.05, 0.1) is 0 Å². The van der Waals surface area contributed by atoms with E-state index in [1.807, 2.05) is 13.8 Å². The Balaban J connectivity index is 0.000000671. The van der Waals surface area contributed by atoms with Crippen molar-refractivity contribution in [3.05, 3.63) is 12.2 Å². The minimum absolute atomic E-state index is 0.0185. The quantitative estimate of drug-likeness (QED) is 0.522. The van der Waals surface area contributed by atoms with Crippen molar-refractivity contribution in [2.75, 3.05) is 0 Å². The third kappa shape index (κ3) is 3.53. The van der Waals surface area contributed by atoms with Crippen LogP contribution in [0.15, 0.2) is 12.2 Å². The van der Waals surface area contributed by atoms with Crippen LogP contribution in [-0.4, -0.2) is 22.8 Å². The summed E-state index contributed by atoms with van der Waals surface area (Å²) in [5.74, 6) is -0.381. The third-order valence-corrected chi connectivity index (χ3v) is 1.87. The summed E-state index contributed by atoms with van der Waals surface area (Å²) < 4.78 is 0. The van der Waals surface area contributed by atoms with Gasteiger partial charge >= 0.3 is 0 Å². The number of rotatable bonds is 2. The molecule has 1 aliphatic heterocycles. The summed E-state index contributed by atoms with van der Waals surface area (Å²) in [6.45, 7) is 3.81. The summed E-state index contributed by atoms with van der Waals surface area (Å²) in [6, 6.07) is 0.0185. The van der Waals surface area contributed by atoms with Gasteiger partial charge in [-0.1, -0.05) is 6.92 Å². The minimum Gasteiger partial charge on any atom is -0.273 e. The topological polar surface area (TPSA) is 37.4 Å². The number of hydrogen-bond acceptors (Lipinski definition) is 2. The highest BCUT2D eigenvalue weighted by atomic mass is 128. The van der Waals surface area contributed by atoms with Crippen molar-refractivity contribution in [1.82, 2.24) is 4.90 Å². The largest absolute Gasteiger partial charge is 0.273 e. The molecule has 3 nitrogen and oxygen atoms in total. The Bertz CT molecular complexity index is 210. The number of carbonyl (C=O) groups is 2. The standard InChI is InChI=1S/C8H11NO2.I2/c1-3-6(2)9-7(10)4-5-8(9)11;1-2/h4-6H,3H2,1-2H3;. The second-order valence-electron chi connectivity index (χ2n) is 2.64. The zero-order valence-electron chi connectivity index (χ0n) is 7.46. The van der Waals surface area contributed by atoms with E-state index >= 15 is 0 Å². The Morgan fingerprint density at radius 1 is 1.31 bits per heavy atom. The van der Waals surface area contributed by atoms with Gasteiger partial charge in [-0.05, 0) is 13.3 Å². The summed E-state index contributed by atoms with van der Waals surface area (Å²) in [7, 11) is 0. The molecule has 2 amide bonds. The number of halogens is 2. The first-order valence-corrected chi connectivity index (χ1v) is 10.1. The maximum Gasteiger partial charge on any atom is 0.253 e. The summed E-state index contributed by atoms with van der Waals surface area (Å²) in [6.07, 6.45) is 3.43. The number of imide groups is 1. The molecule has 13 heavy (non-hydrogen) atoms. The van der Waals surface area contributed by atoms with Crippen LogP contribution in [0.5, 0.6) is 0 Å². The zero-order valence-corrected chi connectivity index (χ0v) is 11.8. The van der Waals surface area contributed by atoms with Crippen LogP contribution in [0, 0.1) is 0 Å². The normalized spacial score (nSPS) is 17.1. The monoisotopic (exact) mass is 407 g/mol. The van der Waals surface area contributed by atoms with E-state index in [0.29, 0.717) is 0 Å². The highest BCUT2D eigenvalue weighted by Crippen LogP contribution is 2.10. The van der Waals surface area contributed by atoms with Gasteiger partial charge in [0.1, 0.15) is 0 Å². The predicted molar refractivity (Wildman–Crippen MR) is 68.8 cm³/mol. The summed E-state index contributed by atoms with van der Waals surface area (Å²) in [4.78, 5) is 23.3. The van der Waals surface area contributed by atoms with E-state index in [1.165, 1.54) is 17.1 Å². The van der Waals surface area contributed by atoms with Crippen LogP contribution >= 0.6 is 37.2 Å². The molecule has 0 aliphatic carbocycles. The summed E-state index contributed by atoms with van der Waals surface area (Å²) >= 11 is 4.24. The van der Waals surface area contributed by atoms with Gasteiger partial charge in [-0.2, -0.15) is 0 Å². The minimum atomic E-state index is -0.190. The molecule has 74 valence electrons. The van der Waals surface area contributed by atoms with Gasteiger partial charge in [0.2, 0.25) is 0 Å². The second kappa shape index (κ2) is 6.74. The number of carbonyl (C=O) groups excluding carboxylic acids is 2. The lowest BCUT2D eigenvalue weighted by atomic mass is 10.2. The number of amides is 2. The van der Waals surface area contributed by atoms with Crippen LogP contribution in [0.4, 0.5) is 0 Å². The van der Waals surface area contributed by atoms with Crippen LogP contribution in [0.1, 0.15) is 20.3 Å². The maximum atomic E-state index is 11.0. The van der Waals surface area contributed by atoms with Crippen LogP contribution in [0.25, 0.3) is 0 Å².